The molecule has 1 amide bonds. The summed E-state index contributed by atoms with van der Waals surface area (Å²) in [5.74, 6) is -1.93. The van der Waals surface area contributed by atoms with Crippen LogP contribution in [0.4, 0.5) is 17.6 Å². The largest absolute Gasteiger partial charge is 0.573 e. The number of hydrogen-bond acceptors (Lipinski definition) is 5. The van der Waals surface area contributed by atoms with Crippen molar-refractivity contribution in [2.24, 2.45) is 0 Å². The van der Waals surface area contributed by atoms with E-state index in [1.54, 1.807) is 6.92 Å². The maximum atomic E-state index is 13.8. The summed E-state index contributed by atoms with van der Waals surface area (Å²) in [7, 11) is 0. The lowest BCUT2D eigenvalue weighted by Crippen LogP contribution is -2.48. The van der Waals surface area contributed by atoms with Crippen molar-refractivity contribution in [1.82, 2.24) is 15.1 Å². The van der Waals surface area contributed by atoms with Crippen molar-refractivity contribution >= 4 is 5.91 Å². The fraction of sp³-hybridized carbons (Fsp3) is 0.261. The second-order valence-electron chi connectivity index (χ2n) is 8.06. The molecule has 0 fully saturated rings. The average molecular weight is 479 g/mol. The lowest BCUT2D eigenvalue weighted by molar-refractivity contribution is -0.274. The first-order valence-electron chi connectivity index (χ1n) is 10.0. The monoisotopic (exact) mass is 479 g/mol. The minimum absolute atomic E-state index is 0.0356. The molecular weight excluding hydrogens is 458 g/mol. The second-order valence-corrected chi connectivity index (χ2v) is 8.06. The van der Waals surface area contributed by atoms with E-state index in [1.165, 1.54) is 44.2 Å². The highest BCUT2D eigenvalue weighted by Crippen LogP contribution is 2.26. The van der Waals surface area contributed by atoms with Crippen LogP contribution in [0.3, 0.4) is 0 Å². The molecule has 0 saturated heterocycles. The maximum Gasteiger partial charge on any atom is 0.573 e. The van der Waals surface area contributed by atoms with Gasteiger partial charge in [0.1, 0.15) is 17.1 Å². The molecule has 0 aliphatic carbocycles. The Morgan fingerprint density at radius 2 is 1.76 bits per heavy atom. The van der Waals surface area contributed by atoms with Crippen LogP contribution < -0.4 is 15.6 Å². The van der Waals surface area contributed by atoms with Crippen LogP contribution in [0.1, 0.15) is 31.1 Å². The van der Waals surface area contributed by atoms with E-state index in [0.717, 1.165) is 28.9 Å². The summed E-state index contributed by atoms with van der Waals surface area (Å²) >= 11 is 0. The molecule has 0 aliphatic heterocycles. The summed E-state index contributed by atoms with van der Waals surface area (Å²) in [6, 6.07) is 10.0. The van der Waals surface area contributed by atoms with Crippen molar-refractivity contribution in [1.29, 1.82) is 0 Å². The van der Waals surface area contributed by atoms with Gasteiger partial charge in [-0.2, -0.15) is 9.78 Å². The standard InChI is InChI=1S/C23H21F4N3O4/c1-13(22(2,3)33)28-20(31)18-12-19(14-7-9-17(10-8-14)34-23(25,26)27)29-30(21(18)32)16-6-4-5-15(24)11-16/h4-13,33H,1-3H3,(H,28,31)/t13-/m0/s1. The van der Waals surface area contributed by atoms with Gasteiger partial charge >= 0.3 is 6.36 Å². The summed E-state index contributed by atoms with van der Waals surface area (Å²) < 4.78 is 55.8. The minimum atomic E-state index is -4.87. The first kappa shape index (κ1) is 24.9. The molecule has 1 aromatic heterocycles. The Labute approximate surface area is 191 Å². The molecule has 0 spiro atoms. The van der Waals surface area contributed by atoms with E-state index < -0.39 is 41.0 Å². The van der Waals surface area contributed by atoms with Gasteiger partial charge in [-0.1, -0.05) is 6.07 Å². The number of carbonyl (C=O) groups is 1. The first-order valence-corrected chi connectivity index (χ1v) is 10.0. The molecule has 0 bridgehead atoms. The van der Waals surface area contributed by atoms with Gasteiger partial charge in [0, 0.05) is 5.56 Å². The summed E-state index contributed by atoms with van der Waals surface area (Å²) in [4.78, 5) is 25.9. The van der Waals surface area contributed by atoms with Crippen molar-refractivity contribution in [3.63, 3.8) is 0 Å². The smallest absolute Gasteiger partial charge is 0.406 e. The number of amides is 1. The Bertz CT molecular complexity index is 1250. The number of benzene rings is 2. The molecule has 11 heteroatoms. The van der Waals surface area contributed by atoms with Crippen LogP contribution in [0.15, 0.2) is 59.4 Å². The van der Waals surface area contributed by atoms with Crippen molar-refractivity contribution in [3.8, 4) is 22.7 Å². The van der Waals surface area contributed by atoms with Gasteiger partial charge in [-0.15, -0.1) is 13.2 Å². The SMILES string of the molecule is C[C@H](NC(=O)c1cc(-c2ccc(OC(F)(F)F)cc2)nn(-c2cccc(F)c2)c1=O)C(C)(C)O. The highest BCUT2D eigenvalue weighted by molar-refractivity contribution is 5.95. The third kappa shape index (κ3) is 5.98. The van der Waals surface area contributed by atoms with Gasteiger partial charge in [0.25, 0.3) is 11.5 Å². The van der Waals surface area contributed by atoms with E-state index in [9.17, 15) is 32.3 Å². The van der Waals surface area contributed by atoms with E-state index in [4.69, 9.17) is 0 Å². The van der Waals surface area contributed by atoms with E-state index in [1.807, 2.05) is 0 Å². The zero-order valence-electron chi connectivity index (χ0n) is 18.4. The van der Waals surface area contributed by atoms with Crippen LogP contribution in [0.2, 0.25) is 0 Å². The van der Waals surface area contributed by atoms with Crippen LogP contribution in [0.5, 0.6) is 5.75 Å². The van der Waals surface area contributed by atoms with Gasteiger partial charge in [0.2, 0.25) is 0 Å². The predicted molar refractivity (Wildman–Crippen MR) is 115 cm³/mol. The number of hydrogen-bond donors (Lipinski definition) is 2. The molecule has 3 aromatic rings. The molecule has 2 aromatic carbocycles. The number of nitrogens with zero attached hydrogens (tertiary/aromatic N) is 2. The number of halogens is 4. The molecule has 34 heavy (non-hydrogen) atoms. The third-order valence-corrected chi connectivity index (χ3v) is 5.00. The lowest BCUT2D eigenvalue weighted by Gasteiger charge is -2.26. The Kier molecular flexibility index (Phi) is 6.78. The van der Waals surface area contributed by atoms with Gasteiger partial charge in [-0.05, 0) is 69.3 Å². The van der Waals surface area contributed by atoms with E-state index in [-0.39, 0.29) is 22.5 Å². The Morgan fingerprint density at radius 1 is 1.12 bits per heavy atom. The van der Waals surface area contributed by atoms with E-state index in [0.29, 0.717) is 0 Å². The molecule has 0 saturated carbocycles. The summed E-state index contributed by atoms with van der Waals surface area (Å²) in [5, 5.41) is 16.8. The van der Waals surface area contributed by atoms with Crippen LogP contribution in [0, 0.1) is 5.82 Å². The fourth-order valence-electron chi connectivity index (χ4n) is 2.86. The van der Waals surface area contributed by atoms with E-state index in [2.05, 4.69) is 15.2 Å². The second kappa shape index (κ2) is 9.26. The van der Waals surface area contributed by atoms with Gasteiger partial charge in [0.15, 0.2) is 0 Å². The van der Waals surface area contributed by atoms with Gasteiger partial charge in [0.05, 0.1) is 23.0 Å². The predicted octanol–water partition coefficient (Wildman–Crippen LogP) is 3.83. The number of nitrogens with one attached hydrogen (secondary N) is 1. The van der Waals surface area contributed by atoms with Crippen molar-refractivity contribution in [2.45, 2.75) is 38.8 Å². The molecule has 3 rings (SSSR count). The Hall–Kier alpha value is -3.73. The molecule has 180 valence electrons. The Morgan fingerprint density at radius 3 is 2.32 bits per heavy atom. The van der Waals surface area contributed by atoms with Crippen LogP contribution in [-0.4, -0.2) is 38.8 Å². The van der Waals surface area contributed by atoms with Crippen LogP contribution in [-0.2, 0) is 0 Å². The summed E-state index contributed by atoms with van der Waals surface area (Å²) in [6.07, 6.45) is -4.87. The number of aliphatic hydroxyl groups is 1. The summed E-state index contributed by atoms with van der Waals surface area (Å²) in [6.45, 7) is 4.50. The number of carbonyl (C=O) groups excluding carboxylic acids is 1. The first-order chi connectivity index (χ1) is 15.7. The highest BCUT2D eigenvalue weighted by Gasteiger charge is 2.31. The van der Waals surface area contributed by atoms with Gasteiger partial charge < -0.3 is 15.2 Å². The van der Waals surface area contributed by atoms with Crippen molar-refractivity contribution < 1.29 is 32.2 Å². The third-order valence-electron chi connectivity index (χ3n) is 5.00. The molecular formula is C23H21F4N3O4. The van der Waals surface area contributed by atoms with Crippen molar-refractivity contribution in [3.05, 3.63) is 76.3 Å². The van der Waals surface area contributed by atoms with Crippen molar-refractivity contribution in [2.75, 3.05) is 0 Å². The number of aromatic nitrogens is 2. The zero-order valence-corrected chi connectivity index (χ0v) is 18.4. The topological polar surface area (TPSA) is 93.5 Å². The van der Waals surface area contributed by atoms with E-state index >= 15 is 0 Å². The fourth-order valence-corrected chi connectivity index (χ4v) is 2.86. The molecule has 0 unspecified atom stereocenters. The quantitative estimate of drug-likeness (QED) is 0.525. The van der Waals surface area contributed by atoms with Gasteiger partial charge in [-0.25, -0.2) is 4.39 Å². The number of rotatable bonds is 6. The van der Waals surface area contributed by atoms with Crippen LogP contribution >= 0.6 is 0 Å². The molecule has 0 radical (unpaired) electrons. The minimum Gasteiger partial charge on any atom is -0.406 e. The highest BCUT2D eigenvalue weighted by atomic mass is 19.4. The summed E-state index contributed by atoms with van der Waals surface area (Å²) in [5.41, 5.74) is -2.14. The normalized spacial score (nSPS) is 12.8. The van der Waals surface area contributed by atoms with Crippen LogP contribution in [0.25, 0.3) is 16.9 Å². The maximum absolute atomic E-state index is 13.8. The number of ether oxygens (including phenoxy) is 1. The molecule has 7 nitrogen and oxygen atoms in total. The Balaban J connectivity index is 2.11. The zero-order chi connectivity index (χ0) is 25.3. The molecule has 0 aliphatic rings. The van der Waals surface area contributed by atoms with Gasteiger partial charge in [-0.3, -0.25) is 9.59 Å². The molecule has 2 N–H and O–H groups in total. The molecule has 1 atom stereocenters. The lowest BCUT2D eigenvalue weighted by atomic mass is 10.0. The number of alkyl halides is 3. The molecule has 1 heterocycles. The average Bonchev–Trinajstić information content (AvgIpc) is 2.72.